The van der Waals surface area contributed by atoms with E-state index < -0.39 is 0 Å². The van der Waals surface area contributed by atoms with Crippen LogP contribution in [0.1, 0.15) is 24.1 Å². The number of nitrogens with one attached hydrogen (secondary N) is 1. The number of hydrogen-bond acceptors (Lipinski definition) is 3. The summed E-state index contributed by atoms with van der Waals surface area (Å²) in [6.45, 7) is 2.72. The average molecular weight is 271 g/mol. The second-order valence-corrected chi connectivity index (χ2v) is 4.76. The Bertz CT molecular complexity index is 537. The Balaban J connectivity index is 2.08. The van der Waals surface area contributed by atoms with Crippen LogP contribution in [0.15, 0.2) is 48.5 Å². The molecule has 0 amide bonds. The topological polar surface area (TPSA) is 30.5 Å². The number of methoxy groups -OCH3 is 1. The molecule has 106 valence electrons. The van der Waals surface area contributed by atoms with Gasteiger partial charge < -0.3 is 14.8 Å². The predicted octanol–water partition coefficient (Wildman–Crippen LogP) is 3.91. The maximum absolute atomic E-state index is 5.86. The molecule has 2 aromatic rings. The maximum Gasteiger partial charge on any atom is 0.127 e. The van der Waals surface area contributed by atoms with Gasteiger partial charge in [-0.05, 0) is 49.4 Å². The molecule has 3 nitrogen and oxygen atoms in total. The second-order valence-electron chi connectivity index (χ2n) is 4.76. The molecule has 1 N–H and O–H groups in total. The van der Waals surface area contributed by atoms with E-state index in [2.05, 4.69) is 24.4 Å². The van der Waals surface area contributed by atoms with Gasteiger partial charge in [-0.1, -0.05) is 24.3 Å². The lowest BCUT2D eigenvalue weighted by atomic mass is 10.1. The highest BCUT2D eigenvalue weighted by Gasteiger charge is 2.03. The lowest BCUT2D eigenvalue weighted by molar-refractivity contribution is 0.184. The monoisotopic (exact) mass is 271 g/mol. The summed E-state index contributed by atoms with van der Waals surface area (Å²) in [5.74, 6) is 1.67. The summed E-state index contributed by atoms with van der Waals surface area (Å²) in [6.07, 6.45) is 0. The van der Waals surface area contributed by atoms with Gasteiger partial charge in [-0.15, -0.1) is 0 Å². The minimum absolute atomic E-state index is 0.342. The van der Waals surface area contributed by atoms with Crippen LogP contribution in [0, 0.1) is 0 Å². The first-order chi connectivity index (χ1) is 9.72. The fourth-order valence-corrected chi connectivity index (χ4v) is 1.99. The molecule has 2 aromatic carbocycles. The molecule has 3 heteroatoms. The van der Waals surface area contributed by atoms with E-state index in [0.717, 1.165) is 17.1 Å². The van der Waals surface area contributed by atoms with Crippen LogP contribution in [0.2, 0.25) is 0 Å². The third-order valence-electron chi connectivity index (χ3n) is 3.26. The zero-order chi connectivity index (χ0) is 14.4. The van der Waals surface area contributed by atoms with Gasteiger partial charge in [0.2, 0.25) is 0 Å². The van der Waals surface area contributed by atoms with Crippen molar-refractivity contribution in [1.29, 1.82) is 0 Å². The smallest absolute Gasteiger partial charge is 0.127 e. The summed E-state index contributed by atoms with van der Waals surface area (Å²) in [6, 6.07) is 16.4. The number of ether oxygens (including phenoxy) is 2. The van der Waals surface area contributed by atoms with Crippen molar-refractivity contribution in [3.8, 4) is 11.5 Å². The average Bonchev–Trinajstić information content (AvgIpc) is 2.48. The van der Waals surface area contributed by atoms with E-state index in [-0.39, 0.29) is 0 Å². The van der Waals surface area contributed by atoms with Crippen molar-refractivity contribution in [2.75, 3.05) is 14.2 Å². The fraction of sp³-hybridized carbons (Fsp3) is 0.294. The highest BCUT2D eigenvalue weighted by molar-refractivity contribution is 5.35. The van der Waals surface area contributed by atoms with Gasteiger partial charge in [-0.2, -0.15) is 0 Å². The van der Waals surface area contributed by atoms with Crippen molar-refractivity contribution in [3.63, 3.8) is 0 Å². The van der Waals surface area contributed by atoms with Crippen molar-refractivity contribution < 1.29 is 9.47 Å². The molecule has 0 aliphatic heterocycles. The van der Waals surface area contributed by atoms with Gasteiger partial charge in [0.15, 0.2) is 0 Å². The number of benzene rings is 2. The van der Waals surface area contributed by atoms with E-state index in [4.69, 9.17) is 9.47 Å². The molecule has 0 saturated heterocycles. The molecule has 0 aliphatic carbocycles. The normalized spacial score (nSPS) is 12.2. The Morgan fingerprint density at radius 3 is 2.45 bits per heavy atom. The number of rotatable bonds is 6. The molecule has 0 radical (unpaired) electrons. The van der Waals surface area contributed by atoms with E-state index in [1.807, 2.05) is 43.4 Å². The first-order valence-electron chi connectivity index (χ1n) is 6.76. The molecular formula is C17H21NO2. The third-order valence-corrected chi connectivity index (χ3v) is 3.26. The minimum Gasteiger partial charge on any atom is -0.457 e. The van der Waals surface area contributed by atoms with Crippen LogP contribution in [0.3, 0.4) is 0 Å². The van der Waals surface area contributed by atoms with Crippen molar-refractivity contribution in [2.24, 2.45) is 0 Å². The molecule has 0 bridgehead atoms. The largest absolute Gasteiger partial charge is 0.457 e. The Kier molecular flexibility index (Phi) is 5.16. The van der Waals surface area contributed by atoms with Crippen molar-refractivity contribution in [1.82, 2.24) is 5.32 Å². The van der Waals surface area contributed by atoms with Crippen LogP contribution >= 0.6 is 0 Å². The fourth-order valence-electron chi connectivity index (χ4n) is 1.99. The Hall–Kier alpha value is -1.84. The van der Waals surface area contributed by atoms with Crippen LogP contribution in [0.25, 0.3) is 0 Å². The molecule has 20 heavy (non-hydrogen) atoms. The lowest BCUT2D eigenvalue weighted by Crippen LogP contribution is -2.11. The summed E-state index contributed by atoms with van der Waals surface area (Å²) >= 11 is 0. The second kappa shape index (κ2) is 7.08. The van der Waals surface area contributed by atoms with Crippen LogP contribution in [-0.2, 0) is 11.3 Å². The molecule has 0 aliphatic rings. The quantitative estimate of drug-likeness (QED) is 0.864. The molecule has 0 saturated carbocycles. The third kappa shape index (κ3) is 3.83. The lowest BCUT2D eigenvalue weighted by Gasteiger charge is -2.12. The summed E-state index contributed by atoms with van der Waals surface area (Å²) in [7, 11) is 3.64. The zero-order valence-electron chi connectivity index (χ0n) is 12.2. The summed E-state index contributed by atoms with van der Waals surface area (Å²) in [5, 5.41) is 3.22. The van der Waals surface area contributed by atoms with Gasteiger partial charge in [0.25, 0.3) is 0 Å². The Morgan fingerprint density at radius 2 is 1.80 bits per heavy atom. The van der Waals surface area contributed by atoms with E-state index in [0.29, 0.717) is 12.6 Å². The summed E-state index contributed by atoms with van der Waals surface area (Å²) in [4.78, 5) is 0. The Labute approximate surface area is 120 Å². The standard InChI is InChI=1S/C17H21NO2/c1-13(18-2)15-7-9-16(10-8-15)20-17-6-4-5-14(11-17)12-19-3/h4-11,13,18H,12H2,1-3H3. The van der Waals surface area contributed by atoms with Crippen LogP contribution in [0.4, 0.5) is 0 Å². The highest BCUT2D eigenvalue weighted by Crippen LogP contribution is 2.24. The van der Waals surface area contributed by atoms with E-state index in [1.165, 1.54) is 5.56 Å². The van der Waals surface area contributed by atoms with E-state index in [1.54, 1.807) is 7.11 Å². The van der Waals surface area contributed by atoms with Gasteiger partial charge in [0.1, 0.15) is 11.5 Å². The van der Waals surface area contributed by atoms with Crippen molar-refractivity contribution in [2.45, 2.75) is 19.6 Å². The van der Waals surface area contributed by atoms with Crippen molar-refractivity contribution in [3.05, 3.63) is 59.7 Å². The van der Waals surface area contributed by atoms with Crippen LogP contribution in [0.5, 0.6) is 11.5 Å². The van der Waals surface area contributed by atoms with E-state index >= 15 is 0 Å². The highest BCUT2D eigenvalue weighted by atomic mass is 16.5. The summed E-state index contributed by atoms with van der Waals surface area (Å²) < 4.78 is 11.0. The summed E-state index contributed by atoms with van der Waals surface area (Å²) in [5.41, 5.74) is 2.35. The Morgan fingerprint density at radius 1 is 1.05 bits per heavy atom. The maximum atomic E-state index is 5.86. The molecule has 1 atom stereocenters. The van der Waals surface area contributed by atoms with Gasteiger partial charge in [0, 0.05) is 13.2 Å². The van der Waals surface area contributed by atoms with Crippen molar-refractivity contribution >= 4 is 0 Å². The van der Waals surface area contributed by atoms with Crippen LogP contribution < -0.4 is 10.1 Å². The minimum atomic E-state index is 0.342. The van der Waals surface area contributed by atoms with Gasteiger partial charge >= 0.3 is 0 Å². The first-order valence-corrected chi connectivity index (χ1v) is 6.76. The molecule has 0 fully saturated rings. The van der Waals surface area contributed by atoms with Gasteiger partial charge in [-0.25, -0.2) is 0 Å². The van der Waals surface area contributed by atoms with Gasteiger partial charge in [-0.3, -0.25) is 0 Å². The molecular weight excluding hydrogens is 250 g/mol. The zero-order valence-corrected chi connectivity index (χ0v) is 12.2. The van der Waals surface area contributed by atoms with E-state index in [9.17, 15) is 0 Å². The molecule has 0 spiro atoms. The molecule has 0 heterocycles. The SMILES string of the molecule is CNC(C)c1ccc(Oc2cccc(COC)c2)cc1. The molecule has 1 unspecified atom stereocenters. The number of hydrogen-bond donors (Lipinski definition) is 1. The first kappa shape index (κ1) is 14.6. The molecule has 0 aromatic heterocycles. The van der Waals surface area contributed by atoms with Gasteiger partial charge in [0.05, 0.1) is 6.61 Å². The van der Waals surface area contributed by atoms with Crippen LogP contribution in [-0.4, -0.2) is 14.2 Å². The predicted molar refractivity (Wildman–Crippen MR) is 81.1 cm³/mol. The molecule has 2 rings (SSSR count).